The van der Waals surface area contributed by atoms with Crippen molar-refractivity contribution in [2.75, 3.05) is 18.2 Å². The second kappa shape index (κ2) is 6.23. The molecule has 0 bridgehead atoms. The standard InChI is InChI=1S/C15H18FN3O/c1-3-10-5-4-6-18-14(10)9-19-13-8-15(20-2)12(17)7-11(13)16/h4-8,19H,3,9,17H2,1-2H3. The van der Waals surface area contributed by atoms with Crippen LogP contribution in [0.3, 0.4) is 0 Å². The lowest BCUT2D eigenvalue weighted by Crippen LogP contribution is -2.07. The van der Waals surface area contributed by atoms with Crippen molar-refractivity contribution in [3.8, 4) is 5.75 Å². The van der Waals surface area contributed by atoms with E-state index in [-0.39, 0.29) is 5.69 Å². The molecule has 1 aromatic carbocycles. The van der Waals surface area contributed by atoms with Gasteiger partial charge in [-0.05, 0) is 18.1 Å². The third kappa shape index (κ3) is 2.99. The highest BCUT2D eigenvalue weighted by Gasteiger charge is 2.09. The van der Waals surface area contributed by atoms with Gasteiger partial charge in [0.25, 0.3) is 0 Å². The van der Waals surface area contributed by atoms with Gasteiger partial charge < -0.3 is 15.8 Å². The van der Waals surface area contributed by atoms with Crippen molar-refractivity contribution in [2.24, 2.45) is 0 Å². The van der Waals surface area contributed by atoms with Crippen LogP contribution in [0.2, 0.25) is 0 Å². The smallest absolute Gasteiger partial charge is 0.148 e. The SMILES string of the molecule is CCc1cccnc1CNc1cc(OC)c(N)cc1F. The van der Waals surface area contributed by atoms with Gasteiger partial charge in [-0.1, -0.05) is 13.0 Å². The Kier molecular flexibility index (Phi) is 4.40. The molecule has 5 heteroatoms. The molecule has 0 aliphatic rings. The van der Waals surface area contributed by atoms with Gasteiger partial charge in [-0.3, -0.25) is 4.98 Å². The van der Waals surface area contributed by atoms with Crippen LogP contribution in [-0.2, 0) is 13.0 Å². The maximum atomic E-state index is 13.8. The van der Waals surface area contributed by atoms with Gasteiger partial charge in [0.2, 0.25) is 0 Å². The van der Waals surface area contributed by atoms with Gasteiger partial charge in [0, 0.05) is 18.3 Å². The molecule has 0 fully saturated rings. The topological polar surface area (TPSA) is 60.2 Å². The fourth-order valence-electron chi connectivity index (χ4n) is 2.01. The first-order chi connectivity index (χ1) is 9.65. The molecular formula is C15H18FN3O. The van der Waals surface area contributed by atoms with E-state index in [0.717, 1.165) is 17.7 Å². The van der Waals surface area contributed by atoms with Crippen LogP contribution in [0.15, 0.2) is 30.5 Å². The van der Waals surface area contributed by atoms with Crippen molar-refractivity contribution in [1.29, 1.82) is 0 Å². The highest BCUT2D eigenvalue weighted by Crippen LogP contribution is 2.28. The molecule has 0 spiro atoms. The second-order valence-corrected chi connectivity index (χ2v) is 4.39. The highest BCUT2D eigenvalue weighted by molar-refractivity contribution is 5.62. The Balaban J connectivity index is 2.18. The van der Waals surface area contributed by atoms with E-state index in [1.807, 2.05) is 12.1 Å². The number of hydrogen-bond acceptors (Lipinski definition) is 4. The number of nitrogen functional groups attached to an aromatic ring is 1. The molecule has 2 aromatic rings. The zero-order chi connectivity index (χ0) is 14.5. The lowest BCUT2D eigenvalue weighted by atomic mass is 10.1. The molecule has 4 nitrogen and oxygen atoms in total. The molecule has 0 aliphatic heterocycles. The maximum Gasteiger partial charge on any atom is 0.148 e. The van der Waals surface area contributed by atoms with Gasteiger partial charge >= 0.3 is 0 Å². The molecule has 1 aromatic heterocycles. The lowest BCUT2D eigenvalue weighted by molar-refractivity contribution is 0.416. The van der Waals surface area contributed by atoms with Crippen molar-refractivity contribution in [3.63, 3.8) is 0 Å². The number of nitrogens with one attached hydrogen (secondary N) is 1. The highest BCUT2D eigenvalue weighted by atomic mass is 19.1. The summed E-state index contributed by atoms with van der Waals surface area (Å²) in [5.74, 6) is 0.0444. The predicted molar refractivity (Wildman–Crippen MR) is 78.3 cm³/mol. The minimum absolute atomic E-state index is 0.280. The number of pyridine rings is 1. The number of ether oxygens (including phenoxy) is 1. The quantitative estimate of drug-likeness (QED) is 0.824. The van der Waals surface area contributed by atoms with Crippen LogP contribution in [0.1, 0.15) is 18.2 Å². The molecule has 0 radical (unpaired) electrons. The summed E-state index contributed by atoms with van der Waals surface area (Å²) in [5.41, 5.74) is 8.33. The minimum atomic E-state index is -0.405. The first kappa shape index (κ1) is 14.1. The normalized spacial score (nSPS) is 10.3. The van der Waals surface area contributed by atoms with Crippen LogP contribution in [0.25, 0.3) is 0 Å². The van der Waals surface area contributed by atoms with Crippen LogP contribution < -0.4 is 15.8 Å². The van der Waals surface area contributed by atoms with E-state index in [4.69, 9.17) is 10.5 Å². The summed E-state index contributed by atoms with van der Waals surface area (Å²) in [6.07, 6.45) is 2.62. The number of methoxy groups -OCH3 is 1. The molecule has 0 amide bonds. The van der Waals surface area contributed by atoms with Gasteiger partial charge in [0.05, 0.1) is 30.7 Å². The van der Waals surface area contributed by atoms with Crippen LogP contribution in [0.5, 0.6) is 5.75 Å². The summed E-state index contributed by atoms with van der Waals surface area (Å²) >= 11 is 0. The molecule has 0 saturated carbocycles. The number of anilines is 2. The van der Waals surface area contributed by atoms with Crippen molar-refractivity contribution in [3.05, 3.63) is 47.5 Å². The van der Waals surface area contributed by atoms with E-state index in [1.165, 1.54) is 13.2 Å². The van der Waals surface area contributed by atoms with Gasteiger partial charge in [-0.15, -0.1) is 0 Å². The number of nitrogens with zero attached hydrogens (tertiary/aromatic N) is 1. The third-order valence-electron chi connectivity index (χ3n) is 3.13. The fourth-order valence-corrected chi connectivity index (χ4v) is 2.01. The van der Waals surface area contributed by atoms with Crippen LogP contribution in [-0.4, -0.2) is 12.1 Å². The molecule has 2 rings (SSSR count). The molecule has 0 unspecified atom stereocenters. The van der Waals surface area contributed by atoms with E-state index < -0.39 is 5.82 Å². The Hall–Kier alpha value is -2.30. The number of hydrogen-bond donors (Lipinski definition) is 2. The number of halogens is 1. The molecule has 1 heterocycles. The summed E-state index contributed by atoms with van der Waals surface area (Å²) in [6.45, 7) is 2.52. The van der Waals surface area contributed by atoms with Crippen molar-refractivity contribution < 1.29 is 9.13 Å². The Bertz CT molecular complexity index is 602. The summed E-state index contributed by atoms with van der Waals surface area (Å²) in [7, 11) is 1.50. The first-order valence-electron chi connectivity index (χ1n) is 6.45. The molecule has 20 heavy (non-hydrogen) atoms. The zero-order valence-corrected chi connectivity index (χ0v) is 11.6. The number of aryl methyl sites for hydroxylation is 1. The molecule has 0 atom stereocenters. The Morgan fingerprint density at radius 1 is 1.40 bits per heavy atom. The van der Waals surface area contributed by atoms with Crippen molar-refractivity contribution in [1.82, 2.24) is 4.98 Å². The average Bonchev–Trinajstić information content (AvgIpc) is 2.46. The molecule has 106 valence electrons. The summed E-state index contributed by atoms with van der Waals surface area (Å²) in [6, 6.07) is 6.72. The van der Waals surface area contributed by atoms with Crippen molar-refractivity contribution in [2.45, 2.75) is 19.9 Å². The lowest BCUT2D eigenvalue weighted by Gasteiger charge is -2.12. The Labute approximate surface area is 117 Å². The van der Waals surface area contributed by atoms with Crippen molar-refractivity contribution >= 4 is 11.4 Å². The zero-order valence-electron chi connectivity index (χ0n) is 11.6. The average molecular weight is 275 g/mol. The van der Waals surface area contributed by atoms with Crippen LogP contribution in [0, 0.1) is 5.82 Å². The predicted octanol–water partition coefficient (Wildman–Crippen LogP) is 2.99. The number of benzene rings is 1. The number of aromatic nitrogens is 1. The molecule has 0 aliphatic carbocycles. The summed E-state index contributed by atoms with van der Waals surface area (Å²) in [4.78, 5) is 4.31. The minimum Gasteiger partial charge on any atom is -0.495 e. The summed E-state index contributed by atoms with van der Waals surface area (Å²) < 4.78 is 18.9. The van der Waals surface area contributed by atoms with E-state index in [2.05, 4.69) is 17.2 Å². The largest absolute Gasteiger partial charge is 0.495 e. The van der Waals surface area contributed by atoms with Gasteiger partial charge in [0.1, 0.15) is 11.6 Å². The second-order valence-electron chi connectivity index (χ2n) is 4.39. The molecule has 0 saturated heterocycles. The summed E-state index contributed by atoms with van der Waals surface area (Å²) in [5, 5.41) is 3.03. The monoisotopic (exact) mass is 275 g/mol. The van der Waals surface area contributed by atoms with E-state index in [9.17, 15) is 4.39 Å². The Morgan fingerprint density at radius 2 is 2.20 bits per heavy atom. The first-order valence-corrected chi connectivity index (χ1v) is 6.45. The fraction of sp³-hybridized carbons (Fsp3) is 0.267. The number of nitrogens with two attached hydrogens (primary N) is 1. The Morgan fingerprint density at radius 3 is 2.90 bits per heavy atom. The molecule has 3 N–H and O–H groups in total. The molecular weight excluding hydrogens is 257 g/mol. The van der Waals surface area contributed by atoms with E-state index >= 15 is 0 Å². The van der Waals surface area contributed by atoms with Gasteiger partial charge in [-0.25, -0.2) is 4.39 Å². The van der Waals surface area contributed by atoms with Gasteiger partial charge in [-0.2, -0.15) is 0 Å². The number of rotatable bonds is 5. The van der Waals surface area contributed by atoms with Gasteiger partial charge in [0.15, 0.2) is 0 Å². The van der Waals surface area contributed by atoms with E-state index in [0.29, 0.717) is 18.0 Å². The van der Waals surface area contributed by atoms with Crippen LogP contribution >= 0.6 is 0 Å². The third-order valence-corrected chi connectivity index (χ3v) is 3.13. The van der Waals surface area contributed by atoms with Crippen LogP contribution in [0.4, 0.5) is 15.8 Å². The van der Waals surface area contributed by atoms with E-state index in [1.54, 1.807) is 12.3 Å². The maximum absolute atomic E-state index is 13.8.